The molecule has 15 heavy (non-hydrogen) atoms. The van der Waals surface area contributed by atoms with Crippen LogP contribution in [0.25, 0.3) is 0 Å². The fraction of sp³-hybridized carbons (Fsp3) is 0.455. The highest BCUT2D eigenvalue weighted by molar-refractivity contribution is 5.90. The lowest BCUT2D eigenvalue weighted by atomic mass is 10.1. The van der Waals surface area contributed by atoms with Gasteiger partial charge in [0.15, 0.2) is 5.78 Å². The van der Waals surface area contributed by atoms with Gasteiger partial charge in [0.25, 0.3) is 0 Å². The van der Waals surface area contributed by atoms with Gasteiger partial charge in [0.2, 0.25) is 0 Å². The Balaban J connectivity index is 2.63. The largest absolute Gasteiger partial charge is 0.490 e. The van der Waals surface area contributed by atoms with E-state index in [1.54, 1.807) is 13.0 Å². The lowest BCUT2D eigenvalue weighted by Crippen LogP contribution is -2.06. The molecule has 0 saturated heterocycles. The summed E-state index contributed by atoms with van der Waals surface area (Å²) in [5, 5.41) is 0. The number of hydrogen-bond donors (Lipinski definition) is 0. The normalized spacial score (nSPS) is 20.6. The second-order valence-electron chi connectivity index (χ2n) is 3.36. The molecule has 1 unspecified atom stereocenters. The average Bonchev–Trinajstić information content (AvgIpc) is 2.55. The molecule has 1 atom stereocenters. The number of carbonyl (C=O) groups is 2. The lowest BCUT2D eigenvalue weighted by Gasteiger charge is -2.04. The first-order chi connectivity index (χ1) is 7.04. The third-order valence-corrected chi connectivity index (χ3v) is 2.14. The van der Waals surface area contributed by atoms with Crippen molar-refractivity contribution < 1.29 is 19.1 Å². The third-order valence-electron chi connectivity index (χ3n) is 2.14. The van der Waals surface area contributed by atoms with Crippen LogP contribution in [0.3, 0.4) is 0 Å². The predicted molar refractivity (Wildman–Crippen MR) is 54.0 cm³/mol. The first kappa shape index (κ1) is 11.5. The summed E-state index contributed by atoms with van der Waals surface area (Å²) in [6.45, 7) is 3.18. The number of hydrogen-bond acceptors (Lipinski definition) is 4. The minimum atomic E-state index is -0.369. The average molecular weight is 210 g/mol. The Morgan fingerprint density at radius 2 is 2.20 bits per heavy atom. The van der Waals surface area contributed by atoms with Gasteiger partial charge in [-0.3, -0.25) is 4.79 Å². The number of ketones is 1. The van der Waals surface area contributed by atoms with Gasteiger partial charge in [-0.05, 0) is 26.0 Å². The number of allylic oxidation sites excluding steroid dienone is 2. The van der Waals surface area contributed by atoms with Gasteiger partial charge < -0.3 is 9.47 Å². The van der Waals surface area contributed by atoms with Crippen molar-refractivity contribution in [2.45, 2.75) is 26.4 Å². The highest BCUT2D eigenvalue weighted by Gasteiger charge is 2.26. The Hall–Kier alpha value is -1.58. The Morgan fingerprint density at radius 1 is 1.53 bits per heavy atom. The van der Waals surface area contributed by atoms with Crippen LogP contribution in [0.2, 0.25) is 0 Å². The smallest absolute Gasteiger partial charge is 0.337 e. The van der Waals surface area contributed by atoms with E-state index in [1.165, 1.54) is 20.1 Å². The number of carbonyl (C=O) groups excluding carboxylic acids is 2. The van der Waals surface area contributed by atoms with Crippen molar-refractivity contribution in [2.75, 3.05) is 7.11 Å². The van der Waals surface area contributed by atoms with E-state index in [0.29, 0.717) is 17.8 Å². The molecule has 0 aliphatic carbocycles. The molecule has 0 radical (unpaired) electrons. The summed E-state index contributed by atoms with van der Waals surface area (Å²) < 4.78 is 10.00. The maximum atomic E-state index is 11.3. The zero-order valence-electron chi connectivity index (χ0n) is 9.07. The van der Waals surface area contributed by atoms with Crippen molar-refractivity contribution in [1.82, 2.24) is 0 Å². The Labute approximate surface area is 88.6 Å². The van der Waals surface area contributed by atoms with E-state index in [4.69, 9.17) is 4.74 Å². The molecule has 0 aromatic carbocycles. The Bertz CT molecular complexity index is 338. The molecular formula is C11H14O4. The second kappa shape index (κ2) is 4.77. The molecule has 0 bridgehead atoms. The minimum absolute atomic E-state index is 0.0391. The van der Waals surface area contributed by atoms with Gasteiger partial charge in [-0.2, -0.15) is 0 Å². The monoisotopic (exact) mass is 210 g/mol. The fourth-order valence-corrected chi connectivity index (χ4v) is 1.39. The van der Waals surface area contributed by atoms with Crippen LogP contribution in [0, 0.1) is 0 Å². The molecular weight excluding hydrogens is 196 g/mol. The van der Waals surface area contributed by atoms with Crippen LogP contribution < -0.4 is 0 Å². The summed E-state index contributed by atoms with van der Waals surface area (Å²) in [7, 11) is 1.33. The molecule has 0 N–H and O–H groups in total. The number of rotatable bonds is 3. The van der Waals surface area contributed by atoms with E-state index >= 15 is 0 Å². The third kappa shape index (κ3) is 2.94. The van der Waals surface area contributed by atoms with Crippen molar-refractivity contribution in [3.8, 4) is 0 Å². The summed E-state index contributed by atoms with van der Waals surface area (Å²) in [5.74, 6) is 0.161. The highest BCUT2D eigenvalue weighted by Crippen LogP contribution is 2.26. The molecule has 1 aliphatic rings. The van der Waals surface area contributed by atoms with Gasteiger partial charge in [0, 0.05) is 6.42 Å². The van der Waals surface area contributed by atoms with Crippen molar-refractivity contribution in [1.29, 1.82) is 0 Å². The molecule has 1 aliphatic heterocycles. The van der Waals surface area contributed by atoms with E-state index in [1.807, 2.05) is 0 Å². The summed E-state index contributed by atoms with van der Waals surface area (Å²) in [5.41, 5.74) is 0.538. The molecule has 0 amide bonds. The van der Waals surface area contributed by atoms with E-state index in [9.17, 15) is 9.59 Å². The molecule has 0 saturated carbocycles. The quantitative estimate of drug-likeness (QED) is 0.521. The highest BCUT2D eigenvalue weighted by atomic mass is 16.5. The Morgan fingerprint density at radius 3 is 2.73 bits per heavy atom. The number of methoxy groups -OCH3 is 1. The number of esters is 1. The molecule has 0 aromatic heterocycles. The van der Waals surface area contributed by atoms with Crippen molar-refractivity contribution in [3.05, 3.63) is 23.5 Å². The van der Waals surface area contributed by atoms with Crippen LogP contribution in [0.5, 0.6) is 0 Å². The zero-order chi connectivity index (χ0) is 11.4. The van der Waals surface area contributed by atoms with Crippen molar-refractivity contribution in [3.63, 3.8) is 0 Å². The van der Waals surface area contributed by atoms with Gasteiger partial charge in [0.1, 0.15) is 11.9 Å². The molecule has 82 valence electrons. The minimum Gasteiger partial charge on any atom is -0.490 e. The van der Waals surface area contributed by atoms with Crippen molar-refractivity contribution >= 4 is 11.8 Å². The Kier molecular flexibility index (Phi) is 3.66. The van der Waals surface area contributed by atoms with E-state index in [2.05, 4.69) is 4.74 Å². The summed E-state index contributed by atoms with van der Waals surface area (Å²) in [6, 6.07) is 0. The zero-order valence-corrected chi connectivity index (χ0v) is 9.07. The first-order valence-electron chi connectivity index (χ1n) is 4.68. The molecule has 0 spiro atoms. The van der Waals surface area contributed by atoms with Gasteiger partial charge in [-0.1, -0.05) is 0 Å². The summed E-state index contributed by atoms with van der Waals surface area (Å²) >= 11 is 0. The number of ether oxygens (including phenoxy) is 2. The second-order valence-corrected chi connectivity index (χ2v) is 3.36. The predicted octanol–water partition coefficient (Wildman–Crippen LogP) is 1.37. The summed E-state index contributed by atoms with van der Waals surface area (Å²) in [6.07, 6.45) is 3.32. The fourth-order valence-electron chi connectivity index (χ4n) is 1.39. The van der Waals surface area contributed by atoms with Crippen LogP contribution in [0.15, 0.2) is 23.5 Å². The van der Waals surface area contributed by atoms with Crippen LogP contribution >= 0.6 is 0 Å². The molecule has 4 nitrogen and oxygen atoms in total. The molecule has 1 rings (SSSR count). The lowest BCUT2D eigenvalue weighted by molar-refractivity contribution is -0.136. The van der Waals surface area contributed by atoms with Crippen LogP contribution in [0.1, 0.15) is 20.3 Å². The van der Waals surface area contributed by atoms with Crippen LogP contribution in [0.4, 0.5) is 0 Å². The SMILES string of the molecule is COC(=O)C1=C(C)OC(/C=C/C(C)=O)C1. The van der Waals surface area contributed by atoms with Crippen LogP contribution in [-0.2, 0) is 19.1 Å². The van der Waals surface area contributed by atoms with Gasteiger partial charge in [-0.15, -0.1) is 0 Å². The van der Waals surface area contributed by atoms with Gasteiger partial charge >= 0.3 is 5.97 Å². The van der Waals surface area contributed by atoms with Crippen LogP contribution in [-0.4, -0.2) is 25.0 Å². The maximum Gasteiger partial charge on any atom is 0.337 e. The molecule has 0 aromatic rings. The van der Waals surface area contributed by atoms with Gasteiger partial charge in [0.05, 0.1) is 12.7 Å². The topological polar surface area (TPSA) is 52.6 Å². The standard InChI is InChI=1S/C11H14O4/c1-7(12)4-5-9-6-10(8(2)15-9)11(13)14-3/h4-5,9H,6H2,1-3H3/b5-4+. The van der Waals surface area contributed by atoms with Crippen molar-refractivity contribution in [2.24, 2.45) is 0 Å². The molecule has 1 heterocycles. The summed E-state index contributed by atoms with van der Waals surface area (Å²) in [4.78, 5) is 22.0. The molecule has 4 heteroatoms. The molecule has 0 fully saturated rings. The first-order valence-corrected chi connectivity index (χ1v) is 4.68. The van der Waals surface area contributed by atoms with E-state index < -0.39 is 0 Å². The van der Waals surface area contributed by atoms with Gasteiger partial charge in [-0.25, -0.2) is 4.79 Å². The van der Waals surface area contributed by atoms with E-state index in [0.717, 1.165) is 0 Å². The van der Waals surface area contributed by atoms with E-state index in [-0.39, 0.29) is 17.9 Å². The maximum absolute atomic E-state index is 11.3.